The average molecular weight is 178 g/mol. The van der Waals surface area contributed by atoms with Gasteiger partial charge < -0.3 is 9.84 Å². The van der Waals surface area contributed by atoms with Gasteiger partial charge in [0.05, 0.1) is 6.61 Å². The minimum absolute atomic E-state index is 0.216. The van der Waals surface area contributed by atoms with Crippen molar-refractivity contribution >= 4 is 0 Å². The summed E-state index contributed by atoms with van der Waals surface area (Å²) in [4.78, 5) is 0. The SMILES string of the molecule is Cc1ccc2c(c1)C[C@H](CO)CO2. The highest BCUT2D eigenvalue weighted by Gasteiger charge is 2.18. The average Bonchev–Trinajstić information content (AvgIpc) is 2.16. The first kappa shape index (κ1) is 8.57. The van der Waals surface area contributed by atoms with Crippen LogP contribution in [0.25, 0.3) is 0 Å². The second kappa shape index (κ2) is 3.38. The van der Waals surface area contributed by atoms with Gasteiger partial charge in [-0.25, -0.2) is 0 Å². The summed E-state index contributed by atoms with van der Waals surface area (Å²) < 4.78 is 5.52. The van der Waals surface area contributed by atoms with Gasteiger partial charge in [0.2, 0.25) is 0 Å². The summed E-state index contributed by atoms with van der Waals surface area (Å²) in [5, 5.41) is 9.01. The standard InChI is InChI=1S/C11H14O2/c1-8-2-3-11-10(4-8)5-9(6-12)7-13-11/h2-4,9,12H,5-7H2,1H3/t9-/m1/s1. The minimum atomic E-state index is 0.216. The molecule has 13 heavy (non-hydrogen) atoms. The normalized spacial score (nSPS) is 20.6. The Morgan fingerprint density at radius 1 is 1.54 bits per heavy atom. The van der Waals surface area contributed by atoms with Gasteiger partial charge in [-0.3, -0.25) is 0 Å². The Labute approximate surface area is 78.2 Å². The van der Waals surface area contributed by atoms with Crippen molar-refractivity contribution in [2.45, 2.75) is 13.3 Å². The molecule has 1 aliphatic rings. The summed E-state index contributed by atoms with van der Waals surface area (Å²) in [6, 6.07) is 6.20. The summed E-state index contributed by atoms with van der Waals surface area (Å²) >= 11 is 0. The lowest BCUT2D eigenvalue weighted by Gasteiger charge is -2.23. The number of aliphatic hydroxyl groups excluding tert-OH is 1. The van der Waals surface area contributed by atoms with Gasteiger partial charge in [0.1, 0.15) is 5.75 Å². The maximum Gasteiger partial charge on any atom is 0.122 e. The van der Waals surface area contributed by atoms with Crippen molar-refractivity contribution in [3.63, 3.8) is 0 Å². The van der Waals surface area contributed by atoms with Crippen LogP contribution in [0.4, 0.5) is 0 Å². The van der Waals surface area contributed by atoms with Crippen LogP contribution in [0, 0.1) is 12.8 Å². The highest BCUT2D eigenvalue weighted by Crippen LogP contribution is 2.27. The molecule has 70 valence electrons. The predicted octanol–water partition coefficient (Wildman–Crippen LogP) is 1.54. The topological polar surface area (TPSA) is 29.5 Å². The number of fused-ring (bicyclic) bond motifs is 1. The molecule has 1 aliphatic heterocycles. The lowest BCUT2D eigenvalue weighted by molar-refractivity contribution is 0.147. The molecular weight excluding hydrogens is 164 g/mol. The molecule has 2 nitrogen and oxygen atoms in total. The first-order valence-corrected chi connectivity index (χ1v) is 4.63. The fourth-order valence-corrected chi connectivity index (χ4v) is 1.70. The van der Waals surface area contributed by atoms with Gasteiger partial charge in [-0.15, -0.1) is 0 Å². The van der Waals surface area contributed by atoms with Crippen LogP contribution in [0.3, 0.4) is 0 Å². The zero-order chi connectivity index (χ0) is 9.26. The molecule has 2 heteroatoms. The van der Waals surface area contributed by atoms with E-state index in [1.54, 1.807) is 0 Å². The summed E-state index contributed by atoms with van der Waals surface area (Å²) in [6.07, 6.45) is 0.938. The number of aliphatic hydroxyl groups is 1. The monoisotopic (exact) mass is 178 g/mol. The van der Waals surface area contributed by atoms with Crippen LogP contribution in [0.5, 0.6) is 5.75 Å². The van der Waals surface area contributed by atoms with Gasteiger partial charge in [0.25, 0.3) is 0 Å². The smallest absolute Gasteiger partial charge is 0.122 e. The molecule has 0 unspecified atom stereocenters. The maximum absolute atomic E-state index is 9.01. The van der Waals surface area contributed by atoms with Gasteiger partial charge in [0, 0.05) is 12.5 Å². The van der Waals surface area contributed by atoms with Crippen LogP contribution in [0.15, 0.2) is 18.2 Å². The summed E-state index contributed by atoms with van der Waals surface area (Å²) in [5.74, 6) is 1.25. The van der Waals surface area contributed by atoms with Crippen molar-refractivity contribution in [3.8, 4) is 5.75 Å². The number of aryl methyl sites for hydroxylation is 1. The molecular formula is C11H14O2. The molecule has 1 aromatic carbocycles. The summed E-state index contributed by atoms with van der Waals surface area (Å²) in [6.45, 7) is 2.93. The highest BCUT2D eigenvalue weighted by atomic mass is 16.5. The van der Waals surface area contributed by atoms with Crippen molar-refractivity contribution < 1.29 is 9.84 Å². The van der Waals surface area contributed by atoms with E-state index in [-0.39, 0.29) is 12.5 Å². The molecule has 0 fully saturated rings. The van der Waals surface area contributed by atoms with Crippen LogP contribution in [-0.4, -0.2) is 18.3 Å². The zero-order valence-corrected chi connectivity index (χ0v) is 7.79. The minimum Gasteiger partial charge on any atom is -0.493 e. The first-order chi connectivity index (χ1) is 6.29. The van der Waals surface area contributed by atoms with Crippen LogP contribution in [0.2, 0.25) is 0 Å². The third kappa shape index (κ3) is 1.68. The Morgan fingerprint density at radius 2 is 2.38 bits per heavy atom. The Morgan fingerprint density at radius 3 is 3.15 bits per heavy atom. The molecule has 2 rings (SSSR count). The quantitative estimate of drug-likeness (QED) is 0.706. The van der Waals surface area contributed by atoms with Crippen molar-refractivity contribution in [1.29, 1.82) is 0 Å². The van der Waals surface area contributed by atoms with Gasteiger partial charge >= 0.3 is 0 Å². The van der Waals surface area contributed by atoms with Gasteiger partial charge in [-0.05, 0) is 25.0 Å². The molecule has 0 aliphatic carbocycles. The fourth-order valence-electron chi connectivity index (χ4n) is 1.70. The van der Waals surface area contributed by atoms with Gasteiger partial charge in [-0.2, -0.15) is 0 Å². The largest absolute Gasteiger partial charge is 0.493 e. The van der Waals surface area contributed by atoms with Gasteiger partial charge in [-0.1, -0.05) is 17.7 Å². The first-order valence-electron chi connectivity index (χ1n) is 4.63. The van der Waals surface area contributed by atoms with Crippen molar-refractivity contribution in [2.75, 3.05) is 13.2 Å². The molecule has 1 heterocycles. The summed E-state index contributed by atoms with van der Waals surface area (Å²) in [5.41, 5.74) is 2.48. The second-order valence-corrected chi connectivity index (χ2v) is 3.67. The molecule has 1 N–H and O–H groups in total. The molecule has 0 aromatic heterocycles. The Bertz CT molecular complexity index is 307. The molecule has 1 atom stereocenters. The molecule has 0 saturated heterocycles. The van der Waals surface area contributed by atoms with E-state index < -0.39 is 0 Å². The highest BCUT2D eigenvalue weighted by molar-refractivity contribution is 5.38. The van der Waals surface area contributed by atoms with Gasteiger partial charge in [0.15, 0.2) is 0 Å². The van der Waals surface area contributed by atoms with Crippen LogP contribution in [-0.2, 0) is 6.42 Å². The van der Waals surface area contributed by atoms with E-state index in [0.717, 1.165) is 12.2 Å². The van der Waals surface area contributed by atoms with E-state index in [4.69, 9.17) is 9.84 Å². The number of ether oxygens (including phenoxy) is 1. The molecule has 0 amide bonds. The van der Waals surface area contributed by atoms with Crippen LogP contribution < -0.4 is 4.74 Å². The van der Waals surface area contributed by atoms with E-state index in [2.05, 4.69) is 19.1 Å². The van der Waals surface area contributed by atoms with Crippen molar-refractivity contribution in [3.05, 3.63) is 29.3 Å². The van der Waals surface area contributed by atoms with E-state index in [1.165, 1.54) is 11.1 Å². The molecule has 0 bridgehead atoms. The third-order valence-electron chi connectivity index (χ3n) is 2.46. The Balaban J connectivity index is 2.27. The molecule has 1 aromatic rings. The molecule has 0 saturated carbocycles. The van der Waals surface area contributed by atoms with Crippen LogP contribution in [0.1, 0.15) is 11.1 Å². The Kier molecular flexibility index (Phi) is 2.23. The lowest BCUT2D eigenvalue weighted by atomic mass is 9.96. The van der Waals surface area contributed by atoms with Crippen molar-refractivity contribution in [1.82, 2.24) is 0 Å². The van der Waals surface area contributed by atoms with Crippen molar-refractivity contribution in [2.24, 2.45) is 5.92 Å². The van der Waals surface area contributed by atoms with E-state index in [1.807, 2.05) is 6.07 Å². The number of hydrogen-bond acceptors (Lipinski definition) is 2. The second-order valence-electron chi connectivity index (χ2n) is 3.67. The number of rotatable bonds is 1. The molecule has 0 radical (unpaired) electrons. The maximum atomic E-state index is 9.01. The fraction of sp³-hybridized carbons (Fsp3) is 0.455. The zero-order valence-electron chi connectivity index (χ0n) is 7.79. The van der Waals surface area contributed by atoms with Crippen LogP contribution >= 0.6 is 0 Å². The number of benzene rings is 1. The van der Waals surface area contributed by atoms with E-state index >= 15 is 0 Å². The third-order valence-corrected chi connectivity index (χ3v) is 2.46. The van der Waals surface area contributed by atoms with E-state index in [0.29, 0.717) is 6.61 Å². The Hall–Kier alpha value is -1.02. The number of hydrogen-bond donors (Lipinski definition) is 1. The summed E-state index contributed by atoms with van der Waals surface area (Å²) in [7, 11) is 0. The molecule has 0 spiro atoms. The lowest BCUT2D eigenvalue weighted by Crippen LogP contribution is -2.23. The predicted molar refractivity (Wildman–Crippen MR) is 51.0 cm³/mol. The van der Waals surface area contributed by atoms with E-state index in [9.17, 15) is 0 Å².